The van der Waals surface area contributed by atoms with Gasteiger partial charge in [-0.2, -0.15) is 0 Å². The number of rotatable bonds is 5. The minimum Gasteiger partial charge on any atom is -0.0753 e. The van der Waals surface area contributed by atoms with Gasteiger partial charge in [-0.15, -0.1) is 0 Å². The SMILES string of the molecule is [B]C(CC)C(CC)C([B])CC. The maximum atomic E-state index is 5.92. The third-order valence-corrected chi connectivity index (χ3v) is 2.51. The van der Waals surface area contributed by atoms with Crippen molar-refractivity contribution in [3.05, 3.63) is 0 Å². The van der Waals surface area contributed by atoms with E-state index in [1.165, 1.54) is 0 Å². The van der Waals surface area contributed by atoms with Crippen molar-refractivity contribution in [2.75, 3.05) is 0 Å². The molecule has 0 spiro atoms. The van der Waals surface area contributed by atoms with E-state index < -0.39 is 0 Å². The Kier molecular flexibility index (Phi) is 5.81. The Morgan fingerprint density at radius 1 is 0.818 bits per heavy atom. The molecule has 0 aromatic rings. The fourth-order valence-corrected chi connectivity index (χ4v) is 1.53. The van der Waals surface area contributed by atoms with E-state index in [1.807, 2.05) is 0 Å². The molecule has 0 aliphatic carbocycles. The Morgan fingerprint density at radius 3 is 1.36 bits per heavy atom. The highest BCUT2D eigenvalue weighted by molar-refractivity contribution is 6.15. The Labute approximate surface area is 74.0 Å². The van der Waals surface area contributed by atoms with Crippen molar-refractivity contribution in [2.45, 2.75) is 51.7 Å². The molecule has 0 aromatic carbocycles. The van der Waals surface area contributed by atoms with E-state index in [2.05, 4.69) is 20.8 Å². The maximum absolute atomic E-state index is 5.92. The highest BCUT2D eigenvalue weighted by Crippen LogP contribution is 2.33. The van der Waals surface area contributed by atoms with Gasteiger partial charge in [-0.3, -0.25) is 0 Å². The zero-order valence-electron chi connectivity index (χ0n) is 8.01. The summed E-state index contributed by atoms with van der Waals surface area (Å²) in [5.41, 5.74) is 0. The van der Waals surface area contributed by atoms with Crippen molar-refractivity contribution in [1.29, 1.82) is 0 Å². The van der Waals surface area contributed by atoms with Crippen molar-refractivity contribution in [1.82, 2.24) is 0 Å². The second-order valence-corrected chi connectivity index (χ2v) is 3.22. The molecule has 0 nitrogen and oxygen atoms in total. The molecule has 60 valence electrons. The topological polar surface area (TPSA) is 0 Å². The molecule has 0 aliphatic heterocycles. The summed E-state index contributed by atoms with van der Waals surface area (Å²) in [7, 11) is 11.8. The zero-order valence-corrected chi connectivity index (χ0v) is 8.01. The van der Waals surface area contributed by atoms with Crippen LogP contribution in [-0.2, 0) is 0 Å². The molecule has 0 bridgehead atoms. The third-order valence-electron chi connectivity index (χ3n) is 2.51. The van der Waals surface area contributed by atoms with Crippen LogP contribution < -0.4 is 0 Å². The van der Waals surface area contributed by atoms with Gasteiger partial charge in [0, 0.05) is 0 Å². The lowest BCUT2D eigenvalue weighted by Crippen LogP contribution is -2.14. The second kappa shape index (κ2) is 5.74. The highest BCUT2D eigenvalue weighted by Gasteiger charge is 2.17. The van der Waals surface area contributed by atoms with E-state index in [-0.39, 0.29) is 11.6 Å². The van der Waals surface area contributed by atoms with Crippen LogP contribution in [0, 0.1) is 5.92 Å². The first-order valence-electron chi connectivity index (χ1n) is 4.68. The predicted molar refractivity (Wildman–Crippen MR) is 53.4 cm³/mol. The van der Waals surface area contributed by atoms with Gasteiger partial charge in [-0.25, -0.2) is 0 Å². The van der Waals surface area contributed by atoms with Crippen LogP contribution in [0.5, 0.6) is 0 Å². The second-order valence-electron chi connectivity index (χ2n) is 3.22. The standard InChI is InChI=1S/C9H18B2/c1-4-7(8(10)5-2)9(11)6-3/h7-9H,4-6H2,1-3H3. The van der Waals surface area contributed by atoms with Gasteiger partial charge in [0.1, 0.15) is 0 Å². The smallest absolute Gasteiger partial charge is 0.0702 e. The molecule has 0 saturated heterocycles. The quantitative estimate of drug-likeness (QED) is 0.525. The Hall–Kier alpha value is 0.130. The maximum Gasteiger partial charge on any atom is 0.0702 e. The highest BCUT2D eigenvalue weighted by atomic mass is 14.2. The van der Waals surface area contributed by atoms with E-state index in [4.69, 9.17) is 15.7 Å². The van der Waals surface area contributed by atoms with Crippen molar-refractivity contribution < 1.29 is 0 Å². The molecule has 0 amide bonds. The van der Waals surface area contributed by atoms with E-state index in [1.54, 1.807) is 0 Å². The number of hydrogen-bond donors (Lipinski definition) is 0. The van der Waals surface area contributed by atoms with Crippen LogP contribution in [0.2, 0.25) is 11.6 Å². The molecule has 0 rings (SSSR count). The molecular formula is C9H18B2. The Balaban J connectivity index is 3.92. The summed E-state index contributed by atoms with van der Waals surface area (Å²) >= 11 is 0. The minimum atomic E-state index is 0.287. The van der Waals surface area contributed by atoms with E-state index in [0.29, 0.717) is 5.92 Å². The molecule has 4 radical (unpaired) electrons. The molecule has 11 heavy (non-hydrogen) atoms. The lowest BCUT2D eigenvalue weighted by Gasteiger charge is -2.27. The summed E-state index contributed by atoms with van der Waals surface area (Å²) in [6.45, 7) is 6.40. The average molecular weight is 148 g/mol. The van der Waals surface area contributed by atoms with Crippen LogP contribution in [-0.4, -0.2) is 15.7 Å². The van der Waals surface area contributed by atoms with E-state index in [9.17, 15) is 0 Å². The van der Waals surface area contributed by atoms with Gasteiger partial charge in [0.05, 0.1) is 15.7 Å². The fourth-order valence-electron chi connectivity index (χ4n) is 1.53. The summed E-state index contributed by atoms with van der Waals surface area (Å²) in [4.78, 5) is 0. The van der Waals surface area contributed by atoms with Gasteiger partial charge in [-0.05, 0) is 0 Å². The van der Waals surface area contributed by atoms with Gasteiger partial charge < -0.3 is 0 Å². The normalized spacial score (nSPS) is 19.2. The van der Waals surface area contributed by atoms with Crippen molar-refractivity contribution in [2.24, 2.45) is 5.92 Å². The van der Waals surface area contributed by atoms with Crippen LogP contribution in [0.4, 0.5) is 0 Å². The van der Waals surface area contributed by atoms with Crippen LogP contribution in [0.3, 0.4) is 0 Å². The summed E-state index contributed by atoms with van der Waals surface area (Å²) in [6.07, 6.45) is 3.17. The summed E-state index contributed by atoms with van der Waals surface area (Å²) < 4.78 is 0. The summed E-state index contributed by atoms with van der Waals surface area (Å²) in [6, 6.07) is 0. The molecule has 0 aliphatic rings. The molecule has 2 atom stereocenters. The third kappa shape index (κ3) is 3.35. The van der Waals surface area contributed by atoms with Crippen LogP contribution in [0.15, 0.2) is 0 Å². The lowest BCUT2D eigenvalue weighted by molar-refractivity contribution is 0.428. The molecule has 2 unspecified atom stereocenters. The number of hydrogen-bond acceptors (Lipinski definition) is 0. The lowest BCUT2D eigenvalue weighted by atomic mass is 9.62. The average Bonchev–Trinajstić information content (AvgIpc) is 2.05. The molecular weight excluding hydrogens is 130 g/mol. The first-order valence-corrected chi connectivity index (χ1v) is 4.68. The van der Waals surface area contributed by atoms with E-state index in [0.717, 1.165) is 19.3 Å². The zero-order chi connectivity index (χ0) is 8.85. The van der Waals surface area contributed by atoms with Gasteiger partial charge >= 0.3 is 0 Å². The first kappa shape index (κ1) is 11.1. The van der Waals surface area contributed by atoms with Crippen LogP contribution in [0.1, 0.15) is 40.0 Å². The molecule has 0 fully saturated rings. The summed E-state index contributed by atoms with van der Waals surface area (Å²) in [5, 5.41) is 0. The fraction of sp³-hybridized carbons (Fsp3) is 1.00. The molecule has 0 N–H and O–H groups in total. The Morgan fingerprint density at radius 2 is 1.18 bits per heavy atom. The first-order chi connectivity index (χ1) is 5.17. The summed E-state index contributed by atoms with van der Waals surface area (Å²) in [5.74, 6) is 1.08. The van der Waals surface area contributed by atoms with Crippen molar-refractivity contribution in [3.63, 3.8) is 0 Å². The monoisotopic (exact) mass is 148 g/mol. The molecule has 2 heteroatoms. The molecule has 0 heterocycles. The largest absolute Gasteiger partial charge is 0.0753 e. The van der Waals surface area contributed by atoms with Gasteiger partial charge in [0.2, 0.25) is 0 Å². The van der Waals surface area contributed by atoms with Gasteiger partial charge in [0.15, 0.2) is 0 Å². The van der Waals surface area contributed by atoms with Crippen LogP contribution >= 0.6 is 0 Å². The predicted octanol–water partition coefficient (Wildman–Crippen LogP) is 2.75. The van der Waals surface area contributed by atoms with Crippen molar-refractivity contribution in [3.8, 4) is 0 Å². The minimum absolute atomic E-state index is 0.287. The van der Waals surface area contributed by atoms with Crippen molar-refractivity contribution >= 4 is 15.7 Å². The molecule has 0 saturated carbocycles. The molecule has 0 aromatic heterocycles. The Bertz CT molecular complexity index is 83.6. The van der Waals surface area contributed by atoms with E-state index >= 15 is 0 Å². The van der Waals surface area contributed by atoms with Gasteiger partial charge in [-0.1, -0.05) is 57.6 Å². The van der Waals surface area contributed by atoms with Crippen LogP contribution in [0.25, 0.3) is 0 Å². The van der Waals surface area contributed by atoms with Gasteiger partial charge in [0.25, 0.3) is 0 Å².